The maximum Gasteiger partial charge on any atom is 0.228 e. The second kappa shape index (κ2) is 8.16. The van der Waals surface area contributed by atoms with Crippen molar-refractivity contribution in [2.45, 2.75) is 63.7 Å². The lowest BCUT2D eigenvalue weighted by Gasteiger charge is -2.25. The Morgan fingerprint density at radius 1 is 1.04 bits per heavy atom. The van der Waals surface area contributed by atoms with Crippen LogP contribution in [0.2, 0.25) is 0 Å². The van der Waals surface area contributed by atoms with E-state index >= 15 is 0 Å². The van der Waals surface area contributed by atoms with Gasteiger partial charge in [0.25, 0.3) is 0 Å². The van der Waals surface area contributed by atoms with Crippen LogP contribution in [0.5, 0.6) is 0 Å². The molecule has 0 bridgehead atoms. The molecule has 140 valence electrons. The molecule has 1 aliphatic heterocycles. The average molecular weight is 355 g/mol. The molecule has 26 heavy (non-hydrogen) atoms. The molecular weight excluding hydrogens is 326 g/mol. The van der Waals surface area contributed by atoms with Gasteiger partial charge in [-0.3, -0.25) is 9.89 Å². The number of carbonyl (C=O) groups is 1. The molecule has 2 fully saturated rings. The number of pyridine rings is 1. The van der Waals surface area contributed by atoms with E-state index in [0.29, 0.717) is 5.92 Å². The van der Waals surface area contributed by atoms with E-state index in [9.17, 15) is 4.79 Å². The maximum atomic E-state index is 12.8. The minimum atomic E-state index is 0.0500. The number of carbonyl (C=O) groups excluding carboxylic acids is 1. The first-order valence-electron chi connectivity index (χ1n) is 10.2. The number of piperidine rings is 1. The summed E-state index contributed by atoms with van der Waals surface area (Å²) >= 11 is 0. The molecule has 3 heterocycles. The topological polar surface area (TPSA) is 82.7 Å². The Morgan fingerprint density at radius 3 is 2.62 bits per heavy atom. The van der Waals surface area contributed by atoms with Gasteiger partial charge in [0.1, 0.15) is 0 Å². The van der Waals surface area contributed by atoms with Crippen molar-refractivity contribution in [3.8, 4) is 0 Å². The smallest absolute Gasteiger partial charge is 0.228 e. The van der Waals surface area contributed by atoms with Gasteiger partial charge in [-0.25, -0.2) is 4.98 Å². The molecular formula is C20H29N5O. The van der Waals surface area contributed by atoms with E-state index in [1.54, 1.807) is 0 Å². The van der Waals surface area contributed by atoms with Crippen molar-refractivity contribution in [3.05, 3.63) is 18.0 Å². The summed E-state index contributed by atoms with van der Waals surface area (Å²) in [6.45, 7) is 1.78. The van der Waals surface area contributed by atoms with E-state index in [1.165, 1.54) is 50.5 Å². The van der Waals surface area contributed by atoms with Gasteiger partial charge in [-0.15, -0.1) is 0 Å². The number of hydrogen-bond donors (Lipinski definition) is 3. The minimum absolute atomic E-state index is 0.0500. The zero-order chi connectivity index (χ0) is 17.8. The Morgan fingerprint density at radius 2 is 1.85 bits per heavy atom. The number of anilines is 1. The van der Waals surface area contributed by atoms with E-state index in [4.69, 9.17) is 0 Å². The van der Waals surface area contributed by atoms with Crippen LogP contribution in [0.25, 0.3) is 11.0 Å². The average Bonchev–Trinajstić information content (AvgIpc) is 3.11. The quantitative estimate of drug-likeness (QED) is 0.783. The Hall–Kier alpha value is -1.95. The molecule has 4 rings (SSSR count). The van der Waals surface area contributed by atoms with E-state index in [-0.39, 0.29) is 11.8 Å². The van der Waals surface area contributed by atoms with Crippen molar-refractivity contribution in [1.82, 2.24) is 20.5 Å². The Bertz CT molecular complexity index is 742. The summed E-state index contributed by atoms with van der Waals surface area (Å²) in [4.78, 5) is 17.3. The standard InChI is InChI=1S/C20H29N5O/c26-20(15-9-6-10-21-11-15)24-17-13-22-19-16(12-23-25-19)18(17)14-7-4-2-1-3-5-8-14/h12-15,21H,1-11H2,(H,24,26)(H,22,23,25). The van der Waals surface area contributed by atoms with E-state index in [2.05, 4.69) is 25.8 Å². The van der Waals surface area contributed by atoms with Crippen molar-refractivity contribution in [1.29, 1.82) is 0 Å². The molecule has 1 aliphatic carbocycles. The van der Waals surface area contributed by atoms with Crippen molar-refractivity contribution in [3.63, 3.8) is 0 Å². The van der Waals surface area contributed by atoms with Gasteiger partial charge in [0.2, 0.25) is 5.91 Å². The molecule has 2 aliphatic rings. The number of nitrogens with one attached hydrogen (secondary N) is 3. The SMILES string of the molecule is O=C(Nc1cnc2[nH]ncc2c1C1CCCCCCC1)C1CCCNC1. The minimum Gasteiger partial charge on any atom is -0.324 e. The van der Waals surface area contributed by atoms with Gasteiger partial charge in [0, 0.05) is 11.9 Å². The second-order valence-electron chi connectivity index (χ2n) is 7.79. The fraction of sp³-hybridized carbons (Fsp3) is 0.650. The summed E-state index contributed by atoms with van der Waals surface area (Å²) < 4.78 is 0. The van der Waals surface area contributed by atoms with Crippen LogP contribution in [-0.4, -0.2) is 34.2 Å². The summed E-state index contributed by atoms with van der Waals surface area (Å²) in [7, 11) is 0. The lowest BCUT2D eigenvalue weighted by molar-refractivity contribution is -0.120. The van der Waals surface area contributed by atoms with Gasteiger partial charge >= 0.3 is 0 Å². The third kappa shape index (κ3) is 3.75. The van der Waals surface area contributed by atoms with Gasteiger partial charge in [0.15, 0.2) is 5.65 Å². The second-order valence-corrected chi connectivity index (χ2v) is 7.79. The third-order valence-electron chi connectivity index (χ3n) is 5.96. The lowest BCUT2D eigenvalue weighted by Crippen LogP contribution is -2.37. The first-order chi connectivity index (χ1) is 12.8. The highest BCUT2D eigenvalue weighted by molar-refractivity contribution is 5.96. The normalized spacial score (nSPS) is 22.7. The predicted octanol–water partition coefficient (Wildman–Crippen LogP) is 3.72. The van der Waals surface area contributed by atoms with Crippen molar-refractivity contribution in [2.24, 2.45) is 5.92 Å². The van der Waals surface area contributed by atoms with Gasteiger partial charge in [-0.05, 0) is 43.7 Å². The summed E-state index contributed by atoms with van der Waals surface area (Å²) in [6.07, 6.45) is 14.6. The first kappa shape index (κ1) is 17.5. The highest BCUT2D eigenvalue weighted by atomic mass is 16.1. The van der Waals surface area contributed by atoms with Crippen LogP contribution in [0.3, 0.4) is 0 Å². The molecule has 6 heteroatoms. The van der Waals surface area contributed by atoms with Crippen LogP contribution in [0.1, 0.15) is 69.3 Å². The number of aromatic amines is 1. The third-order valence-corrected chi connectivity index (χ3v) is 5.96. The molecule has 2 aromatic rings. The lowest BCUT2D eigenvalue weighted by atomic mass is 9.84. The van der Waals surface area contributed by atoms with Gasteiger partial charge in [0.05, 0.1) is 24.0 Å². The zero-order valence-electron chi connectivity index (χ0n) is 15.4. The highest BCUT2D eigenvalue weighted by Gasteiger charge is 2.25. The van der Waals surface area contributed by atoms with E-state index in [0.717, 1.165) is 42.7 Å². The summed E-state index contributed by atoms with van der Waals surface area (Å²) in [5.74, 6) is 0.640. The fourth-order valence-electron chi connectivity index (χ4n) is 4.51. The molecule has 2 aromatic heterocycles. The van der Waals surface area contributed by atoms with Crippen LogP contribution >= 0.6 is 0 Å². The molecule has 0 radical (unpaired) electrons. The van der Waals surface area contributed by atoms with Crippen LogP contribution < -0.4 is 10.6 Å². The number of nitrogens with zero attached hydrogens (tertiary/aromatic N) is 2. The summed E-state index contributed by atoms with van der Waals surface area (Å²) in [5, 5.41) is 14.8. The van der Waals surface area contributed by atoms with Gasteiger partial charge < -0.3 is 10.6 Å². The monoisotopic (exact) mass is 355 g/mol. The molecule has 1 saturated carbocycles. The van der Waals surface area contributed by atoms with Gasteiger partial charge in [-0.1, -0.05) is 32.1 Å². The number of H-pyrrole nitrogens is 1. The van der Waals surface area contributed by atoms with Crippen LogP contribution in [-0.2, 0) is 4.79 Å². The number of aromatic nitrogens is 3. The van der Waals surface area contributed by atoms with Crippen molar-refractivity contribution >= 4 is 22.6 Å². The molecule has 1 atom stereocenters. The highest BCUT2D eigenvalue weighted by Crippen LogP contribution is 2.38. The molecule has 0 spiro atoms. The Kier molecular flexibility index (Phi) is 5.48. The number of amides is 1. The number of fused-ring (bicyclic) bond motifs is 1. The number of rotatable bonds is 3. The van der Waals surface area contributed by atoms with Crippen LogP contribution in [0.15, 0.2) is 12.4 Å². The number of hydrogen-bond acceptors (Lipinski definition) is 4. The summed E-state index contributed by atoms with van der Waals surface area (Å²) in [6, 6.07) is 0. The van der Waals surface area contributed by atoms with E-state index < -0.39 is 0 Å². The van der Waals surface area contributed by atoms with Crippen molar-refractivity contribution < 1.29 is 4.79 Å². The van der Waals surface area contributed by atoms with Crippen LogP contribution in [0.4, 0.5) is 5.69 Å². The largest absolute Gasteiger partial charge is 0.324 e. The molecule has 6 nitrogen and oxygen atoms in total. The Labute approximate surface area is 154 Å². The molecule has 1 amide bonds. The Balaban J connectivity index is 1.63. The molecule has 3 N–H and O–H groups in total. The summed E-state index contributed by atoms with van der Waals surface area (Å²) in [5.41, 5.74) is 2.95. The predicted molar refractivity (Wildman–Crippen MR) is 103 cm³/mol. The first-order valence-corrected chi connectivity index (χ1v) is 10.2. The van der Waals surface area contributed by atoms with Gasteiger partial charge in [-0.2, -0.15) is 5.10 Å². The molecule has 1 saturated heterocycles. The zero-order valence-corrected chi connectivity index (χ0v) is 15.4. The van der Waals surface area contributed by atoms with E-state index in [1.807, 2.05) is 12.4 Å². The van der Waals surface area contributed by atoms with Crippen molar-refractivity contribution in [2.75, 3.05) is 18.4 Å². The molecule has 1 unspecified atom stereocenters. The van der Waals surface area contributed by atoms with Crippen LogP contribution in [0, 0.1) is 5.92 Å². The molecule has 0 aromatic carbocycles. The fourth-order valence-corrected chi connectivity index (χ4v) is 4.51. The maximum absolute atomic E-state index is 12.8.